The molecule has 0 aliphatic carbocycles. The Morgan fingerprint density at radius 1 is 1.08 bits per heavy atom. The minimum atomic E-state index is -3.68. The zero-order chi connectivity index (χ0) is 19.6. The molecule has 142 valence electrons. The van der Waals surface area contributed by atoms with Gasteiger partial charge >= 0.3 is 0 Å². The first-order valence-corrected chi connectivity index (χ1v) is 11.5. The number of hydrogen-bond acceptors (Lipinski definition) is 6. The molecule has 0 saturated heterocycles. The van der Waals surface area contributed by atoms with Crippen molar-refractivity contribution in [3.63, 3.8) is 0 Å². The van der Waals surface area contributed by atoms with Crippen LogP contribution in [0.5, 0.6) is 0 Å². The van der Waals surface area contributed by atoms with Crippen molar-refractivity contribution in [2.75, 3.05) is 30.5 Å². The molecule has 9 heteroatoms. The number of carbonyl (C=O) groups excluding carboxylic acids is 1. The number of carbonyl (C=O) groups is 1. The topological polar surface area (TPSA) is 101 Å². The molecule has 0 aliphatic rings. The number of nitrogens with one attached hydrogen (secondary N) is 1. The number of sulfone groups is 2. The maximum atomic E-state index is 12.2. The minimum Gasteiger partial charge on any atom is -0.361 e. The third-order valence-electron chi connectivity index (χ3n) is 3.33. The Balaban J connectivity index is 3.36. The van der Waals surface area contributed by atoms with E-state index in [-0.39, 0.29) is 22.2 Å². The largest absolute Gasteiger partial charge is 0.361 e. The molecule has 7 nitrogen and oxygen atoms in total. The van der Waals surface area contributed by atoms with E-state index in [0.29, 0.717) is 12.2 Å². The number of rotatable bonds is 6. The Bertz CT molecular complexity index is 853. The fourth-order valence-corrected chi connectivity index (χ4v) is 3.92. The van der Waals surface area contributed by atoms with Gasteiger partial charge in [-0.15, -0.1) is 0 Å². The summed E-state index contributed by atoms with van der Waals surface area (Å²) < 4.78 is 47.7. The van der Waals surface area contributed by atoms with Crippen LogP contribution in [-0.4, -0.2) is 53.9 Å². The van der Waals surface area contributed by atoms with Crippen molar-refractivity contribution in [1.29, 1.82) is 0 Å². The molecule has 0 fully saturated rings. The van der Waals surface area contributed by atoms with Gasteiger partial charge in [0.2, 0.25) is 5.91 Å². The molecule has 1 amide bonds. The van der Waals surface area contributed by atoms with Gasteiger partial charge in [0.15, 0.2) is 19.7 Å². The third-order valence-corrected chi connectivity index (χ3v) is 5.57. The monoisotopic (exact) mass is 390 g/mol. The van der Waals surface area contributed by atoms with Gasteiger partial charge in [-0.25, -0.2) is 16.8 Å². The number of amides is 1. The number of benzene rings is 1. The van der Waals surface area contributed by atoms with Crippen LogP contribution < -0.4 is 10.2 Å². The number of anilines is 1. The van der Waals surface area contributed by atoms with Gasteiger partial charge in [-0.1, -0.05) is 0 Å². The smallest absolute Gasteiger partial charge is 0.239 e. The number of nitrogens with zero attached hydrogens (tertiary/aromatic N) is 1. The molecule has 0 radical (unpaired) electrons. The second-order valence-electron chi connectivity index (χ2n) is 6.99. The van der Waals surface area contributed by atoms with Gasteiger partial charge in [-0.3, -0.25) is 4.79 Å². The van der Waals surface area contributed by atoms with Crippen LogP contribution in [0.15, 0.2) is 28.0 Å². The Kier molecular flexibility index (Phi) is 6.28. The predicted molar refractivity (Wildman–Crippen MR) is 98.4 cm³/mol. The second-order valence-corrected chi connectivity index (χ2v) is 11.0. The van der Waals surface area contributed by atoms with Gasteiger partial charge in [-0.2, -0.15) is 0 Å². The SMILES string of the molecule is CCN(CC(=O)NC(C)(C)C)c1ccc(S(C)(=O)=O)cc1S(C)(=O)=O. The van der Waals surface area contributed by atoms with Gasteiger partial charge in [-0.05, 0) is 45.9 Å². The molecule has 0 saturated carbocycles. The van der Waals surface area contributed by atoms with E-state index in [2.05, 4.69) is 5.32 Å². The normalized spacial score (nSPS) is 12.7. The van der Waals surface area contributed by atoms with Crippen LogP contribution in [0.2, 0.25) is 0 Å². The molecule has 0 bridgehead atoms. The van der Waals surface area contributed by atoms with Crippen molar-refractivity contribution in [2.24, 2.45) is 0 Å². The molecule has 0 aliphatic heterocycles. The second kappa shape index (κ2) is 7.33. The summed E-state index contributed by atoms with van der Waals surface area (Å²) in [6, 6.07) is 3.93. The molecule has 0 spiro atoms. The lowest BCUT2D eigenvalue weighted by Crippen LogP contribution is -2.46. The molecule has 1 aromatic carbocycles. The van der Waals surface area contributed by atoms with E-state index < -0.39 is 25.2 Å². The standard InChI is InChI=1S/C16H26N2O5S2/c1-7-18(11-15(19)17-16(2,3)4)13-9-8-12(24(5,20)21)10-14(13)25(6,22)23/h8-10H,7,11H2,1-6H3,(H,17,19). The summed E-state index contributed by atoms with van der Waals surface area (Å²) in [5.74, 6) is -0.249. The quantitative estimate of drug-likeness (QED) is 0.784. The highest BCUT2D eigenvalue weighted by molar-refractivity contribution is 7.91. The fraction of sp³-hybridized carbons (Fsp3) is 0.562. The Labute approximate surface area is 150 Å². The highest BCUT2D eigenvalue weighted by atomic mass is 32.2. The van der Waals surface area contributed by atoms with Crippen LogP contribution in [0.25, 0.3) is 0 Å². The lowest BCUT2D eigenvalue weighted by molar-refractivity contribution is -0.121. The molecule has 1 aromatic rings. The van der Waals surface area contributed by atoms with Gasteiger partial charge in [0.25, 0.3) is 0 Å². The van der Waals surface area contributed by atoms with Crippen molar-refractivity contribution in [2.45, 2.75) is 43.0 Å². The van der Waals surface area contributed by atoms with Crippen molar-refractivity contribution in [3.05, 3.63) is 18.2 Å². The number of hydrogen-bond donors (Lipinski definition) is 1. The van der Waals surface area contributed by atoms with E-state index >= 15 is 0 Å². The minimum absolute atomic E-state index is 0.0332. The lowest BCUT2D eigenvalue weighted by Gasteiger charge is -2.27. The van der Waals surface area contributed by atoms with E-state index in [9.17, 15) is 21.6 Å². The van der Waals surface area contributed by atoms with Crippen LogP contribution in [0.1, 0.15) is 27.7 Å². The summed E-state index contributed by atoms with van der Waals surface area (Å²) in [5, 5.41) is 2.82. The van der Waals surface area contributed by atoms with E-state index in [4.69, 9.17) is 0 Å². The lowest BCUT2D eigenvalue weighted by atomic mass is 10.1. The van der Waals surface area contributed by atoms with Crippen LogP contribution >= 0.6 is 0 Å². The molecular weight excluding hydrogens is 364 g/mol. The molecule has 0 atom stereocenters. The average molecular weight is 391 g/mol. The molecular formula is C16H26N2O5S2. The van der Waals surface area contributed by atoms with Crippen LogP contribution in [0, 0.1) is 0 Å². The number of likely N-dealkylation sites (N-methyl/N-ethyl adjacent to an activating group) is 1. The van der Waals surface area contributed by atoms with Crippen molar-refractivity contribution < 1.29 is 21.6 Å². The molecule has 1 N–H and O–H groups in total. The Hall–Kier alpha value is -1.61. The molecule has 0 aromatic heterocycles. The highest BCUT2D eigenvalue weighted by Gasteiger charge is 2.23. The van der Waals surface area contributed by atoms with Crippen molar-refractivity contribution >= 4 is 31.3 Å². The molecule has 1 rings (SSSR count). The summed E-state index contributed by atoms with van der Waals surface area (Å²) in [4.78, 5) is 13.6. The first-order chi connectivity index (χ1) is 11.1. The Morgan fingerprint density at radius 2 is 1.64 bits per heavy atom. The van der Waals surface area contributed by atoms with Crippen LogP contribution in [-0.2, 0) is 24.5 Å². The van der Waals surface area contributed by atoms with Crippen LogP contribution in [0.4, 0.5) is 5.69 Å². The van der Waals surface area contributed by atoms with Crippen molar-refractivity contribution in [3.8, 4) is 0 Å². The van der Waals surface area contributed by atoms with Crippen LogP contribution in [0.3, 0.4) is 0 Å². The van der Waals surface area contributed by atoms with Gasteiger partial charge in [0.05, 0.1) is 22.0 Å². The maximum absolute atomic E-state index is 12.2. The molecule has 0 unspecified atom stereocenters. The molecule has 0 heterocycles. The summed E-state index contributed by atoms with van der Waals surface area (Å²) in [6.45, 7) is 7.70. The van der Waals surface area contributed by atoms with Gasteiger partial charge < -0.3 is 10.2 Å². The summed E-state index contributed by atoms with van der Waals surface area (Å²) in [5.41, 5.74) is -0.0995. The summed E-state index contributed by atoms with van der Waals surface area (Å²) in [6.07, 6.45) is 2.03. The van der Waals surface area contributed by atoms with Gasteiger partial charge in [0, 0.05) is 24.6 Å². The predicted octanol–water partition coefficient (Wildman–Crippen LogP) is 1.23. The summed E-state index contributed by atoms with van der Waals surface area (Å²) >= 11 is 0. The fourth-order valence-electron chi connectivity index (χ4n) is 2.28. The van der Waals surface area contributed by atoms with Gasteiger partial charge in [0.1, 0.15) is 0 Å². The highest BCUT2D eigenvalue weighted by Crippen LogP contribution is 2.28. The third kappa shape index (κ3) is 6.32. The summed E-state index contributed by atoms with van der Waals surface area (Å²) in [7, 11) is -7.22. The zero-order valence-corrected chi connectivity index (χ0v) is 17.1. The van der Waals surface area contributed by atoms with E-state index in [1.165, 1.54) is 12.1 Å². The first kappa shape index (κ1) is 21.4. The maximum Gasteiger partial charge on any atom is 0.239 e. The average Bonchev–Trinajstić information content (AvgIpc) is 2.40. The zero-order valence-electron chi connectivity index (χ0n) is 15.5. The van der Waals surface area contributed by atoms with Crippen molar-refractivity contribution in [1.82, 2.24) is 5.32 Å². The van der Waals surface area contributed by atoms with E-state index in [0.717, 1.165) is 18.6 Å². The Morgan fingerprint density at radius 3 is 2.04 bits per heavy atom. The molecule has 25 heavy (non-hydrogen) atoms. The van der Waals surface area contributed by atoms with E-state index in [1.807, 2.05) is 20.8 Å². The first-order valence-electron chi connectivity index (χ1n) is 7.75. The van der Waals surface area contributed by atoms with E-state index in [1.54, 1.807) is 11.8 Å².